The molecule has 4 heterocycles. The van der Waals surface area contributed by atoms with E-state index in [1.165, 1.54) is 16.8 Å². The lowest BCUT2D eigenvalue weighted by Crippen LogP contribution is -3.00. The number of rotatable bonds is 11. The monoisotopic (exact) mass is 647 g/mol. The quantitative estimate of drug-likeness (QED) is 0.182. The Morgan fingerprint density at radius 3 is 2.39 bits per heavy atom. The van der Waals surface area contributed by atoms with Gasteiger partial charge < -0.3 is 45.7 Å². The van der Waals surface area contributed by atoms with Crippen LogP contribution in [0.2, 0.25) is 0 Å². The highest BCUT2D eigenvalue weighted by Gasteiger charge is 2.29. The largest absolute Gasteiger partial charge is 1.00 e. The summed E-state index contributed by atoms with van der Waals surface area (Å²) in [5.74, 6) is 4.94. The van der Waals surface area contributed by atoms with Gasteiger partial charge in [-0.25, -0.2) is 0 Å². The molecular formula is C36H42ClN3O6. The molecule has 0 atom stereocenters. The molecule has 0 aliphatic carbocycles. The normalized spacial score (nSPS) is 15.2. The van der Waals surface area contributed by atoms with E-state index in [0.717, 1.165) is 116 Å². The first-order valence-electron chi connectivity index (χ1n) is 15.9. The minimum absolute atomic E-state index is 0. The third-order valence-corrected chi connectivity index (χ3v) is 9.26. The fourth-order valence-corrected chi connectivity index (χ4v) is 6.75. The number of aromatic nitrogens is 1. The molecule has 0 saturated carbocycles. The van der Waals surface area contributed by atoms with Crippen LogP contribution in [-0.2, 0) is 13.0 Å². The Labute approximate surface area is 276 Å². The molecule has 3 aromatic carbocycles. The summed E-state index contributed by atoms with van der Waals surface area (Å²) in [4.78, 5) is 4.97. The van der Waals surface area contributed by atoms with E-state index < -0.39 is 0 Å². The van der Waals surface area contributed by atoms with Gasteiger partial charge in [0, 0.05) is 44.7 Å². The number of methoxy groups -OCH3 is 3. The number of halogens is 1. The molecule has 0 spiro atoms. The predicted octanol–water partition coefficient (Wildman–Crippen LogP) is 2.48. The van der Waals surface area contributed by atoms with Crippen molar-refractivity contribution in [1.82, 2.24) is 4.90 Å². The van der Waals surface area contributed by atoms with Crippen LogP contribution in [0.1, 0.15) is 24.8 Å². The van der Waals surface area contributed by atoms with E-state index in [9.17, 15) is 0 Å². The number of hydrogen-bond donors (Lipinski definition) is 0. The SMILES string of the molecule is COc1ccc(N2CCN(CCCCCOc3c(OC)ccc4cc5[n+](cc34)CCc3cc4c(cc3-5)OCO4)CC2)c(OC)c1.[Cl-]. The van der Waals surface area contributed by atoms with Crippen LogP contribution in [0.5, 0.6) is 34.5 Å². The summed E-state index contributed by atoms with van der Waals surface area (Å²) in [6.45, 7) is 7.04. The fraction of sp³-hybridized carbons (Fsp3) is 0.417. The van der Waals surface area contributed by atoms with Crippen molar-refractivity contribution in [2.45, 2.75) is 32.2 Å². The lowest BCUT2D eigenvalue weighted by molar-refractivity contribution is -0.686. The molecule has 3 aliphatic rings. The van der Waals surface area contributed by atoms with Crippen LogP contribution in [0.4, 0.5) is 5.69 Å². The molecule has 1 aromatic heterocycles. The van der Waals surface area contributed by atoms with E-state index in [2.05, 4.69) is 50.9 Å². The zero-order chi connectivity index (χ0) is 30.8. The van der Waals surface area contributed by atoms with Crippen molar-refractivity contribution in [1.29, 1.82) is 0 Å². The third kappa shape index (κ3) is 6.31. The van der Waals surface area contributed by atoms with E-state index in [1.807, 2.05) is 18.2 Å². The highest BCUT2D eigenvalue weighted by molar-refractivity contribution is 5.91. The number of anilines is 1. The predicted molar refractivity (Wildman–Crippen MR) is 174 cm³/mol. The third-order valence-electron chi connectivity index (χ3n) is 9.26. The average molecular weight is 648 g/mol. The van der Waals surface area contributed by atoms with Crippen LogP contribution in [0.15, 0.2) is 54.7 Å². The van der Waals surface area contributed by atoms with E-state index in [4.69, 9.17) is 28.4 Å². The maximum Gasteiger partial charge on any atom is 0.231 e. The lowest BCUT2D eigenvalue weighted by Gasteiger charge is -2.36. The van der Waals surface area contributed by atoms with E-state index in [0.29, 0.717) is 6.61 Å². The Morgan fingerprint density at radius 2 is 1.61 bits per heavy atom. The zero-order valence-electron chi connectivity index (χ0n) is 26.9. The van der Waals surface area contributed by atoms with Gasteiger partial charge in [0.2, 0.25) is 12.5 Å². The van der Waals surface area contributed by atoms with E-state index in [-0.39, 0.29) is 19.2 Å². The van der Waals surface area contributed by atoms with Crippen LogP contribution in [0, 0.1) is 0 Å². The van der Waals surface area contributed by atoms with Gasteiger partial charge in [0.15, 0.2) is 35.7 Å². The van der Waals surface area contributed by atoms with Crippen molar-refractivity contribution < 1.29 is 45.4 Å². The van der Waals surface area contributed by atoms with Crippen molar-refractivity contribution in [3.63, 3.8) is 0 Å². The van der Waals surface area contributed by atoms with Crippen molar-refractivity contribution in [3.05, 3.63) is 60.3 Å². The van der Waals surface area contributed by atoms with Crippen LogP contribution >= 0.6 is 0 Å². The second-order valence-electron chi connectivity index (χ2n) is 11.8. The molecule has 3 aliphatic heterocycles. The maximum absolute atomic E-state index is 6.44. The molecule has 0 amide bonds. The average Bonchev–Trinajstić information content (AvgIpc) is 3.55. The highest BCUT2D eigenvalue weighted by Crippen LogP contribution is 2.42. The fourth-order valence-electron chi connectivity index (χ4n) is 6.75. The van der Waals surface area contributed by atoms with E-state index in [1.54, 1.807) is 21.3 Å². The van der Waals surface area contributed by atoms with Gasteiger partial charge in [0.05, 0.1) is 44.6 Å². The summed E-state index contributed by atoms with van der Waals surface area (Å²) in [6, 6.07) is 16.7. The van der Waals surface area contributed by atoms with Crippen molar-refractivity contribution in [2.24, 2.45) is 0 Å². The van der Waals surface area contributed by atoms with Gasteiger partial charge in [-0.1, -0.05) is 0 Å². The Balaban J connectivity index is 0.00000372. The molecule has 0 unspecified atom stereocenters. The molecule has 1 fully saturated rings. The summed E-state index contributed by atoms with van der Waals surface area (Å²) in [5, 5.41) is 2.21. The molecule has 9 nitrogen and oxygen atoms in total. The second-order valence-corrected chi connectivity index (χ2v) is 11.8. The number of ether oxygens (including phenoxy) is 6. The number of unbranched alkanes of at least 4 members (excludes halogenated alkanes) is 2. The summed E-state index contributed by atoms with van der Waals surface area (Å²) in [5.41, 5.74) is 4.81. The van der Waals surface area contributed by atoms with Gasteiger partial charge in [0.1, 0.15) is 11.5 Å². The van der Waals surface area contributed by atoms with Gasteiger partial charge in [-0.15, -0.1) is 0 Å². The Bertz CT molecular complexity index is 1690. The minimum atomic E-state index is 0. The van der Waals surface area contributed by atoms with Gasteiger partial charge in [-0.3, -0.25) is 4.90 Å². The molecule has 10 heteroatoms. The van der Waals surface area contributed by atoms with Gasteiger partial charge in [-0.05, 0) is 73.2 Å². The summed E-state index contributed by atoms with van der Waals surface area (Å²) < 4.78 is 36.8. The van der Waals surface area contributed by atoms with Gasteiger partial charge in [0.25, 0.3) is 0 Å². The van der Waals surface area contributed by atoms with Crippen LogP contribution < -0.4 is 50.3 Å². The number of benzene rings is 3. The first-order chi connectivity index (χ1) is 22.1. The Kier molecular flexibility index (Phi) is 9.80. The summed E-state index contributed by atoms with van der Waals surface area (Å²) in [6.07, 6.45) is 6.44. The van der Waals surface area contributed by atoms with E-state index >= 15 is 0 Å². The Hall–Kier alpha value is -4.08. The number of nitrogens with zero attached hydrogens (tertiary/aromatic N) is 3. The number of fused-ring (bicyclic) bond motifs is 5. The van der Waals surface area contributed by atoms with Crippen LogP contribution in [0.25, 0.3) is 22.0 Å². The zero-order valence-corrected chi connectivity index (χ0v) is 27.6. The highest BCUT2D eigenvalue weighted by atomic mass is 35.5. The molecule has 4 aromatic rings. The minimum Gasteiger partial charge on any atom is -1.00 e. The van der Waals surface area contributed by atoms with Crippen molar-refractivity contribution in [2.75, 3.05) is 72.4 Å². The van der Waals surface area contributed by atoms with Crippen molar-refractivity contribution >= 4 is 16.5 Å². The van der Waals surface area contributed by atoms with Gasteiger partial charge >= 0.3 is 0 Å². The summed E-state index contributed by atoms with van der Waals surface area (Å²) >= 11 is 0. The van der Waals surface area contributed by atoms with Crippen LogP contribution in [-0.4, -0.2) is 72.4 Å². The number of piperazine rings is 1. The first kappa shape index (κ1) is 31.9. The molecular weight excluding hydrogens is 606 g/mol. The Morgan fingerprint density at radius 1 is 0.804 bits per heavy atom. The van der Waals surface area contributed by atoms with Crippen molar-refractivity contribution in [3.8, 4) is 45.8 Å². The number of aryl methyl sites for hydroxylation is 2. The molecule has 0 N–H and O–H groups in total. The lowest BCUT2D eigenvalue weighted by atomic mass is 9.95. The standard InChI is InChI=1S/C36H42N3O6.ClH/c1-40-27-8-9-30(33(21-27)42-3)38-16-14-37(15-17-38)12-5-4-6-18-43-36-29-23-39-13-11-26-20-34-35(45-24-44-34)22-28(26)31(39)19-25(29)7-10-32(36)41-2;/h7-10,19-23H,4-6,11-18,24H2,1-3H3;1H/q+1;/p-1. The smallest absolute Gasteiger partial charge is 0.231 e. The maximum atomic E-state index is 6.44. The van der Waals surface area contributed by atoms with Gasteiger partial charge in [-0.2, -0.15) is 4.57 Å². The van der Waals surface area contributed by atoms with Crippen LogP contribution in [0.3, 0.4) is 0 Å². The molecule has 7 rings (SSSR count). The molecule has 46 heavy (non-hydrogen) atoms. The molecule has 0 radical (unpaired) electrons. The molecule has 244 valence electrons. The second kappa shape index (κ2) is 14.1. The first-order valence-corrected chi connectivity index (χ1v) is 15.9. The number of pyridine rings is 1. The topological polar surface area (TPSA) is 65.7 Å². The molecule has 1 saturated heterocycles. The summed E-state index contributed by atoms with van der Waals surface area (Å²) in [7, 11) is 5.11. The number of hydrogen-bond acceptors (Lipinski definition) is 8. The molecule has 0 bridgehead atoms.